The van der Waals surface area contributed by atoms with Crippen LogP contribution in [0.3, 0.4) is 0 Å². The predicted molar refractivity (Wildman–Crippen MR) is 80.8 cm³/mol. The van der Waals surface area contributed by atoms with E-state index in [2.05, 4.69) is 15.3 Å². The minimum Gasteiger partial charge on any atom is -0.480 e. The third-order valence-electron chi connectivity index (χ3n) is 3.09. The zero-order chi connectivity index (χ0) is 15.9. The van der Waals surface area contributed by atoms with Crippen LogP contribution in [0.5, 0.6) is 0 Å². The van der Waals surface area contributed by atoms with E-state index in [1.54, 1.807) is 24.4 Å². The van der Waals surface area contributed by atoms with E-state index in [1.807, 2.05) is 0 Å². The van der Waals surface area contributed by atoms with Gasteiger partial charge in [-0.05, 0) is 43.2 Å². The molecule has 2 aromatic rings. The highest BCUT2D eigenvalue weighted by molar-refractivity contribution is 5.72. The molecule has 4 N–H and O–H groups in total. The summed E-state index contributed by atoms with van der Waals surface area (Å²) in [5.41, 5.74) is 6.89. The summed E-state index contributed by atoms with van der Waals surface area (Å²) in [6.45, 7) is 0.522. The number of anilines is 1. The van der Waals surface area contributed by atoms with E-state index >= 15 is 0 Å². The summed E-state index contributed by atoms with van der Waals surface area (Å²) in [7, 11) is 0. The van der Waals surface area contributed by atoms with Crippen LogP contribution >= 0.6 is 0 Å². The van der Waals surface area contributed by atoms with E-state index in [0.29, 0.717) is 31.0 Å². The second kappa shape index (κ2) is 7.46. The van der Waals surface area contributed by atoms with Gasteiger partial charge in [-0.15, -0.1) is 0 Å². The first-order valence-electron chi connectivity index (χ1n) is 6.87. The standard InChI is InChI=1S/C15H17FN4O2/c16-11-5-3-10(4-6-11)13-7-9-19-15(20-13)18-8-1-2-12(17)14(21)22/h3-7,9,12H,1-2,8,17H2,(H,21,22)(H,18,19,20). The number of hydrogen-bond donors (Lipinski definition) is 3. The number of carbonyl (C=O) groups is 1. The van der Waals surface area contributed by atoms with Crippen molar-refractivity contribution in [1.29, 1.82) is 0 Å². The van der Waals surface area contributed by atoms with Crippen molar-refractivity contribution in [3.8, 4) is 11.3 Å². The van der Waals surface area contributed by atoms with Crippen LogP contribution in [0.2, 0.25) is 0 Å². The maximum Gasteiger partial charge on any atom is 0.320 e. The lowest BCUT2D eigenvalue weighted by molar-refractivity contribution is -0.138. The van der Waals surface area contributed by atoms with Crippen LogP contribution in [0, 0.1) is 5.82 Å². The summed E-state index contributed by atoms with van der Waals surface area (Å²) in [4.78, 5) is 19.0. The molecule has 1 aromatic heterocycles. The molecule has 0 aliphatic rings. The molecule has 1 heterocycles. The topological polar surface area (TPSA) is 101 Å². The predicted octanol–water partition coefficient (Wildman–Crippen LogP) is 1.89. The Morgan fingerprint density at radius 1 is 1.32 bits per heavy atom. The van der Waals surface area contributed by atoms with Crippen molar-refractivity contribution < 1.29 is 14.3 Å². The Morgan fingerprint density at radius 2 is 2.05 bits per heavy atom. The number of carboxylic acids is 1. The maximum atomic E-state index is 12.9. The quantitative estimate of drug-likeness (QED) is 0.675. The van der Waals surface area contributed by atoms with Crippen LogP contribution in [0.25, 0.3) is 11.3 Å². The number of rotatable bonds is 7. The lowest BCUT2D eigenvalue weighted by Gasteiger charge is -2.08. The van der Waals surface area contributed by atoms with Crippen LogP contribution in [0.4, 0.5) is 10.3 Å². The van der Waals surface area contributed by atoms with Crippen molar-refractivity contribution in [2.45, 2.75) is 18.9 Å². The Bertz CT molecular complexity index is 634. The molecule has 0 aliphatic heterocycles. The maximum absolute atomic E-state index is 12.9. The number of halogens is 1. The van der Waals surface area contributed by atoms with Crippen LogP contribution in [0.15, 0.2) is 36.5 Å². The van der Waals surface area contributed by atoms with Gasteiger partial charge in [0.15, 0.2) is 0 Å². The van der Waals surface area contributed by atoms with Crippen molar-refractivity contribution in [2.75, 3.05) is 11.9 Å². The normalized spacial score (nSPS) is 11.9. The molecule has 22 heavy (non-hydrogen) atoms. The van der Waals surface area contributed by atoms with Gasteiger partial charge in [0.05, 0.1) is 5.69 Å². The van der Waals surface area contributed by atoms with E-state index in [4.69, 9.17) is 10.8 Å². The summed E-state index contributed by atoms with van der Waals surface area (Å²) in [5, 5.41) is 11.7. The third kappa shape index (κ3) is 4.49. The molecule has 2 rings (SSSR count). The molecule has 6 nitrogen and oxygen atoms in total. The van der Waals surface area contributed by atoms with Gasteiger partial charge in [-0.25, -0.2) is 14.4 Å². The molecular weight excluding hydrogens is 287 g/mol. The third-order valence-corrected chi connectivity index (χ3v) is 3.09. The summed E-state index contributed by atoms with van der Waals surface area (Å²) < 4.78 is 12.9. The second-order valence-corrected chi connectivity index (χ2v) is 4.79. The molecule has 0 fully saturated rings. The Morgan fingerprint density at radius 3 is 2.73 bits per heavy atom. The molecule has 0 radical (unpaired) electrons. The SMILES string of the molecule is NC(CCCNc1nccc(-c2ccc(F)cc2)n1)C(=O)O. The zero-order valence-electron chi connectivity index (χ0n) is 11.9. The van der Waals surface area contributed by atoms with Crippen molar-refractivity contribution in [3.05, 3.63) is 42.3 Å². The monoisotopic (exact) mass is 304 g/mol. The molecule has 7 heteroatoms. The Labute approximate surface area is 127 Å². The number of carboxylic acid groups (broad SMARTS) is 1. The van der Waals surface area contributed by atoms with E-state index in [0.717, 1.165) is 5.56 Å². The number of hydrogen-bond acceptors (Lipinski definition) is 5. The minimum absolute atomic E-state index is 0.300. The van der Waals surface area contributed by atoms with Crippen LogP contribution in [-0.2, 0) is 4.79 Å². The Kier molecular flexibility index (Phi) is 5.37. The van der Waals surface area contributed by atoms with Crippen LogP contribution in [0.1, 0.15) is 12.8 Å². The van der Waals surface area contributed by atoms with Gasteiger partial charge in [-0.3, -0.25) is 4.79 Å². The summed E-state index contributed by atoms with van der Waals surface area (Å²) >= 11 is 0. The number of aliphatic carboxylic acids is 1. The first-order valence-corrected chi connectivity index (χ1v) is 6.87. The fourth-order valence-electron chi connectivity index (χ4n) is 1.87. The first kappa shape index (κ1) is 15.8. The molecule has 1 aromatic carbocycles. The lowest BCUT2D eigenvalue weighted by Crippen LogP contribution is -2.30. The van der Waals surface area contributed by atoms with Crippen molar-refractivity contribution >= 4 is 11.9 Å². The number of aromatic nitrogens is 2. The van der Waals surface area contributed by atoms with Gasteiger partial charge in [0.1, 0.15) is 11.9 Å². The van der Waals surface area contributed by atoms with Gasteiger partial charge in [-0.2, -0.15) is 0 Å². The molecule has 1 unspecified atom stereocenters. The highest BCUT2D eigenvalue weighted by atomic mass is 19.1. The van der Waals surface area contributed by atoms with E-state index in [9.17, 15) is 9.18 Å². The highest BCUT2D eigenvalue weighted by Gasteiger charge is 2.10. The van der Waals surface area contributed by atoms with Crippen molar-refractivity contribution in [1.82, 2.24) is 9.97 Å². The summed E-state index contributed by atoms with van der Waals surface area (Å²) in [6, 6.07) is 6.92. The fraction of sp³-hybridized carbons (Fsp3) is 0.267. The van der Waals surface area contributed by atoms with Crippen molar-refractivity contribution in [2.24, 2.45) is 5.73 Å². The lowest BCUT2D eigenvalue weighted by atomic mass is 10.1. The average molecular weight is 304 g/mol. The average Bonchev–Trinajstić information content (AvgIpc) is 2.52. The number of nitrogens with two attached hydrogens (primary N) is 1. The largest absolute Gasteiger partial charge is 0.480 e. The van der Waals surface area contributed by atoms with E-state index < -0.39 is 12.0 Å². The van der Waals surface area contributed by atoms with E-state index in [1.165, 1.54) is 12.1 Å². The Balaban J connectivity index is 1.92. The molecular formula is C15H17FN4O2. The van der Waals surface area contributed by atoms with E-state index in [-0.39, 0.29) is 5.82 Å². The number of benzene rings is 1. The highest BCUT2D eigenvalue weighted by Crippen LogP contribution is 2.17. The zero-order valence-corrected chi connectivity index (χ0v) is 11.9. The fourth-order valence-corrected chi connectivity index (χ4v) is 1.87. The number of nitrogens with one attached hydrogen (secondary N) is 1. The molecule has 0 spiro atoms. The summed E-state index contributed by atoms with van der Waals surface area (Å²) in [5.74, 6) is -0.869. The second-order valence-electron chi connectivity index (χ2n) is 4.79. The Hall–Kier alpha value is -2.54. The summed E-state index contributed by atoms with van der Waals surface area (Å²) in [6.07, 6.45) is 2.58. The smallest absolute Gasteiger partial charge is 0.320 e. The molecule has 0 saturated heterocycles. The minimum atomic E-state index is -1.01. The molecule has 0 amide bonds. The molecule has 1 atom stereocenters. The van der Waals surface area contributed by atoms with Gasteiger partial charge in [0, 0.05) is 18.3 Å². The number of nitrogens with zero attached hydrogens (tertiary/aromatic N) is 2. The van der Waals surface area contributed by atoms with Crippen molar-refractivity contribution in [3.63, 3.8) is 0 Å². The van der Waals surface area contributed by atoms with Gasteiger partial charge >= 0.3 is 5.97 Å². The van der Waals surface area contributed by atoms with Gasteiger partial charge in [-0.1, -0.05) is 0 Å². The van der Waals surface area contributed by atoms with Gasteiger partial charge < -0.3 is 16.2 Å². The molecule has 116 valence electrons. The molecule has 0 bridgehead atoms. The molecule has 0 saturated carbocycles. The van der Waals surface area contributed by atoms with Crippen LogP contribution < -0.4 is 11.1 Å². The first-order chi connectivity index (χ1) is 10.6. The molecule has 0 aliphatic carbocycles. The van der Waals surface area contributed by atoms with Gasteiger partial charge in [0.2, 0.25) is 5.95 Å². The van der Waals surface area contributed by atoms with Gasteiger partial charge in [0.25, 0.3) is 0 Å². The van der Waals surface area contributed by atoms with Crippen LogP contribution in [-0.4, -0.2) is 33.6 Å².